The fourth-order valence-corrected chi connectivity index (χ4v) is 3.89. The molecule has 4 rings (SSSR count). The normalized spacial score (nSPS) is 10.7. The highest BCUT2D eigenvalue weighted by molar-refractivity contribution is 7.14. The zero-order valence-corrected chi connectivity index (χ0v) is 18.7. The smallest absolute Gasteiger partial charge is 0.251 e. The van der Waals surface area contributed by atoms with Gasteiger partial charge < -0.3 is 20.4 Å². The second-order valence-electron chi connectivity index (χ2n) is 7.33. The van der Waals surface area contributed by atoms with E-state index >= 15 is 0 Å². The Labute approximate surface area is 194 Å². The van der Waals surface area contributed by atoms with Crippen LogP contribution in [0.5, 0.6) is 0 Å². The van der Waals surface area contributed by atoms with Crippen LogP contribution in [0.2, 0.25) is 0 Å². The molecule has 0 aliphatic rings. The van der Waals surface area contributed by atoms with Crippen LogP contribution in [-0.4, -0.2) is 29.3 Å². The number of amides is 3. The molecule has 2 heterocycles. The highest BCUT2D eigenvalue weighted by Crippen LogP contribution is 2.26. The Bertz CT molecular complexity index is 1310. The summed E-state index contributed by atoms with van der Waals surface area (Å²) in [6.07, 6.45) is 0.121. The van der Waals surface area contributed by atoms with E-state index < -0.39 is 0 Å². The van der Waals surface area contributed by atoms with Crippen LogP contribution in [0.15, 0.2) is 64.4 Å². The number of thiazole rings is 1. The minimum atomic E-state index is -0.250. The second-order valence-corrected chi connectivity index (χ2v) is 8.19. The fourth-order valence-electron chi connectivity index (χ4n) is 3.17. The molecule has 8 nitrogen and oxygen atoms in total. The van der Waals surface area contributed by atoms with Gasteiger partial charge in [-0.05, 0) is 35.0 Å². The Morgan fingerprint density at radius 3 is 2.64 bits per heavy atom. The van der Waals surface area contributed by atoms with Crippen LogP contribution in [0.3, 0.4) is 0 Å². The third kappa shape index (κ3) is 5.83. The van der Waals surface area contributed by atoms with Gasteiger partial charge in [0.25, 0.3) is 5.91 Å². The predicted molar refractivity (Wildman–Crippen MR) is 127 cm³/mol. The van der Waals surface area contributed by atoms with Crippen molar-refractivity contribution in [3.05, 3.63) is 71.3 Å². The van der Waals surface area contributed by atoms with Gasteiger partial charge in [0.2, 0.25) is 11.8 Å². The number of carbonyl (C=O) groups is 3. The molecule has 0 radical (unpaired) electrons. The predicted octanol–water partition coefficient (Wildman–Crippen LogP) is 3.95. The maximum atomic E-state index is 12.4. The number of benzene rings is 2. The fraction of sp³-hybridized carbons (Fsp3) is 0.167. The molecular formula is C24H22N4O4S. The summed E-state index contributed by atoms with van der Waals surface area (Å²) in [4.78, 5) is 40.0. The first-order chi connectivity index (χ1) is 16.0. The van der Waals surface area contributed by atoms with E-state index in [1.807, 2.05) is 36.4 Å². The summed E-state index contributed by atoms with van der Waals surface area (Å²) in [5.74, 6) is 0.550. The van der Waals surface area contributed by atoms with Gasteiger partial charge in [0.15, 0.2) is 10.9 Å². The summed E-state index contributed by atoms with van der Waals surface area (Å²) in [5, 5.41) is 12.4. The molecule has 0 fully saturated rings. The molecule has 3 N–H and O–H groups in total. The van der Waals surface area contributed by atoms with E-state index in [1.165, 1.54) is 18.3 Å². The van der Waals surface area contributed by atoms with Crippen molar-refractivity contribution in [3.8, 4) is 11.5 Å². The van der Waals surface area contributed by atoms with Crippen LogP contribution < -0.4 is 16.0 Å². The van der Waals surface area contributed by atoms with Crippen molar-refractivity contribution >= 4 is 45.0 Å². The van der Waals surface area contributed by atoms with Gasteiger partial charge in [-0.25, -0.2) is 4.98 Å². The number of rotatable bonds is 8. The van der Waals surface area contributed by atoms with Crippen molar-refractivity contribution < 1.29 is 18.8 Å². The molecule has 2 aromatic carbocycles. The number of hydrogen-bond acceptors (Lipinski definition) is 6. The molecule has 0 unspecified atom stereocenters. The number of nitrogens with zero attached hydrogens (tertiary/aromatic N) is 1. The molecule has 2 aromatic heterocycles. The molecule has 0 aliphatic heterocycles. The van der Waals surface area contributed by atoms with Gasteiger partial charge >= 0.3 is 0 Å². The third-order valence-corrected chi connectivity index (χ3v) is 5.58. The van der Waals surface area contributed by atoms with Gasteiger partial charge in [-0.15, -0.1) is 11.3 Å². The van der Waals surface area contributed by atoms with Gasteiger partial charge in [0.05, 0.1) is 6.54 Å². The summed E-state index contributed by atoms with van der Waals surface area (Å²) in [7, 11) is 0. The lowest BCUT2D eigenvalue weighted by Gasteiger charge is -2.06. The molecule has 0 bridgehead atoms. The first kappa shape index (κ1) is 22.2. The highest BCUT2D eigenvalue weighted by Gasteiger charge is 2.12. The molecule has 3 amide bonds. The number of nitrogens with one attached hydrogen (secondary N) is 3. The summed E-state index contributed by atoms with van der Waals surface area (Å²) >= 11 is 1.28. The topological polar surface area (TPSA) is 113 Å². The van der Waals surface area contributed by atoms with Gasteiger partial charge in [0.1, 0.15) is 11.5 Å². The van der Waals surface area contributed by atoms with E-state index in [-0.39, 0.29) is 30.7 Å². The number of anilines is 1. The van der Waals surface area contributed by atoms with Crippen molar-refractivity contribution in [1.29, 1.82) is 0 Å². The van der Waals surface area contributed by atoms with Crippen molar-refractivity contribution in [2.24, 2.45) is 0 Å². The highest BCUT2D eigenvalue weighted by atomic mass is 32.1. The molecule has 4 aromatic rings. The Morgan fingerprint density at radius 2 is 1.82 bits per heavy atom. The largest absolute Gasteiger partial charge is 0.458 e. The van der Waals surface area contributed by atoms with Crippen molar-refractivity contribution in [2.75, 3.05) is 11.9 Å². The van der Waals surface area contributed by atoms with E-state index in [1.54, 1.807) is 23.6 Å². The van der Waals surface area contributed by atoms with Crippen LogP contribution in [0.1, 0.15) is 29.5 Å². The van der Waals surface area contributed by atoms with Crippen molar-refractivity contribution in [3.63, 3.8) is 0 Å². The van der Waals surface area contributed by atoms with Gasteiger partial charge in [0, 0.05) is 30.8 Å². The standard InChI is InChI=1S/C24H22N4O4S/c1-15(29)26-13-19-8-9-21(32-19)20-14-33-24(27-20)28-22(30)10-11-25-23(31)18-7-6-16-4-2-3-5-17(16)12-18/h2-9,12,14H,10-11,13H2,1H3,(H,25,31)(H,26,29)(H,27,28,30). The van der Waals surface area contributed by atoms with Crippen molar-refractivity contribution in [1.82, 2.24) is 15.6 Å². The number of furan rings is 1. The summed E-state index contributed by atoms with van der Waals surface area (Å²) in [6.45, 7) is 1.95. The lowest BCUT2D eigenvalue weighted by molar-refractivity contribution is -0.119. The lowest BCUT2D eigenvalue weighted by atomic mass is 10.1. The molecular weight excluding hydrogens is 440 g/mol. The second kappa shape index (κ2) is 10.1. The molecule has 0 aliphatic carbocycles. The summed E-state index contributed by atoms with van der Waals surface area (Å²) in [6, 6.07) is 16.8. The Balaban J connectivity index is 1.26. The van der Waals surface area contributed by atoms with E-state index in [0.717, 1.165) is 10.8 Å². The van der Waals surface area contributed by atoms with E-state index in [9.17, 15) is 14.4 Å². The third-order valence-electron chi connectivity index (χ3n) is 4.83. The van der Waals surface area contributed by atoms with Crippen LogP contribution >= 0.6 is 11.3 Å². The first-order valence-corrected chi connectivity index (χ1v) is 11.2. The van der Waals surface area contributed by atoms with E-state index in [4.69, 9.17) is 4.42 Å². The molecule has 9 heteroatoms. The summed E-state index contributed by atoms with van der Waals surface area (Å²) < 4.78 is 5.67. The molecule has 33 heavy (non-hydrogen) atoms. The lowest BCUT2D eigenvalue weighted by Crippen LogP contribution is -2.27. The number of hydrogen-bond donors (Lipinski definition) is 3. The maximum absolute atomic E-state index is 12.4. The first-order valence-electron chi connectivity index (χ1n) is 10.3. The number of fused-ring (bicyclic) bond motifs is 1. The van der Waals surface area contributed by atoms with Crippen LogP contribution in [0.25, 0.3) is 22.2 Å². The SMILES string of the molecule is CC(=O)NCc1ccc(-c2csc(NC(=O)CCNC(=O)c3ccc4ccccc4c3)n2)o1. The van der Waals surface area contributed by atoms with Crippen LogP contribution in [0.4, 0.5) is 5.13 Å². The molecule has 0 saturated carbocycles. The Hall–Kier alpha value is -3.98. The molecule has 0 atom stereocenters. The van der Waals surface area contributed by atoms with Gasteiger partial charge in [-0.1, -0.05) is 30.3 Å². The quantitative estimate of drug-likeness (QED) is 0.367. The Morgan fingerprint density at radius 1 is 1.00 bits per heavy atom. The zero-order chi connectivity index (χ0) is 23.2. The average Bonchev–Trinajstić information content (AvgIpc) is 3.46. The van der Waals surface area contributed by atoms with Crippen LogP contribution in [0, 0.1) is 0 Å². The minimum Gasteiger partial charge on any atom is -0.458 e. The minimum absolute atomic E-state index is 0.121. The zero-order valence-electron chi connectivity index (χ0n) is 17.9. The number of aromatic nitrogens is 1. The molecule has 0 saturated heterocycles. The van der Waals surface area contributed by atoms with E-state index in [2.05, 4.69) is 20.9 Å². The van der Waals surface area contributed by atoms with Gasteiger partial charge in [-0.2, -0.15) is 0 Å². The maximum Gasteiger partial charge on any atom is 0.251 e. The van der Waals surface area contributed by atoms with Gasteiger partial charge in [-0.3, -0.25) is 14.4 Å². The monoisotopic (exact) mass is 462 g/mol. The average molecular weight is 463 g/mol. The number of carbonyl (C=O) groups excluding carboxylic acids is 3. The van der Waals surface area contributed by atoms with Crippen molar-refractivity contribution in [2.45, 2.75) is 19.9 Å². The molecule has 168 valence electrons. The Kier molecular flexibility index (Phi) is 6.80. The molecule has 0 spiro atoms. The summed E-state index contributed by atoms with van der Waals surface area (Å²) in [5.41, 5.74) is 1.14. The van der Waals surface area contributed by atoms with Crippen LogP contribution in [-0.2, 0) is 16.1 Å². The van der Waals surface area contributed by atoms with E-state index in [0.29, 0.717) is 34.5 Å².